The monoisotopic (exact) mass is 420 g/mol. The fraction of sp³-hybridized carbons (Fsp3) is 0.227. The Labute approximate surface area is 178 Å². The number of carbonyl (C=O) groups excluding carboxylic acids is 3. The van der Waals surface area contributed by atoms with Gasteiger partial charge in [0.1, 0.15) is 5.75 Å². The van der Waals surface area contributed by atoms with E-state index in [2.05, 4.69) is 15.5 Å². The van der Waals surface area contributed by atoms with Crippen molar-refractivity contribution in [3.05, 3.63) is 59.5 Å². The van der Waals surface area contributed by atoms with Gasteiger partial charge in [0.25, 0.3) is 11.8 Å². The molecule has 158 valence electrons. The number of aryl methyl sites for hydroxylation is 1. The molecule has 1 aromatic heterocycles. The molecule has 0 fully saturated rings. The zero-order valence-electron chi connectivity index (χ0n) is 17.0. The van der Waals surface area contributed by atoms with E-state index in [4.69, 9.17) is 9.26 Å². The average molecular weight is 420 g/mol. The van der Waals surface area contributed by atoms with Crippen LogP contribution in [0.3, 0.4) is 0 Å². The number of carbonyl (C=O) groups is 3. The highest BCUT2D eigenvalue weighted by atomic mass is 16.5. The van der Waals surface area contributed by atoms with Crippen LogP contribution in [0, 0.1) is 0 Å². The number of hydrogen-bond donors (Lipinski definition) is 1. The summed E-state index contributed by atoms with van der Waals surface area (Å²) in [6.45, 7) is 0. The van der Waals surface area contributed by atoms with Gasteiger partial charge in [0.05, 0.1) is 18.2 Å². The Balaban J connectivity index is 1.30. The minimum Gasteiger partial charge on any atom is -0.497 e. The highest BCUT2D eigenvalue weighted by Gasteiger charge is 2.32. The number of amides is 3. The van der Waals surface area contributed by atoms with Gasteiger partial charge >= 0.3 is 0 Å². The van der Waals surface area contributed by atoms with Crippen molar-refractivity contribution in [2.24, 2.45) is 0 Å². The summed E-state index contributed by atoms with van der Waals surface area (Å²) < 4.78 is 10.4. The third-order valence-corrected chi connectivity index (χ3v) is 4.98. The van der Waals surface area contributed by atoms with Gasteiger partial charge in [-0.3, -0.25) is 19.3 Å². The maximum atomic E-state index is 12.2. The van der Waals surface area contributed by atoms with Crippen LogP contribution in [0.4, 0.5) is 5.69 Å². The highest BCUT2D eigenvalue weighted by molar-refractivity contribution is 6.21. The largest absolute Gasteiger partial charge is 0.497 e. The van der Waals surface area contributed by atoms with Gasteiger partial charge in [0.15, 0.2) is 0 Å². The predicted molar refractivity (Wildman–Crippen MR) is 111 cm³/mol. The lowest BCUT2D eigenvalue weighted by Gasteiger charge is -2.05. The molecule has 2 heterocycles. The number of aromatic nitrogens is 2. The molecule has 2 aromatic carbocycles. The van der Waals surface area contributed by atoms with Crippen molar-refractivity contribution in [1.29, 1.82) is 0 Å². The zero-order chi connectivity index (χ0) is 22.0. The summed E-state index contributed by atoms with van der Waals surface area (Å²) in [5.41, 5.74) is 1.92. The molecule has 9 heteroatoms. The molecule has 1 N–H and O–H groups in total. The van der Waals surface area contributed by atoms with E-state index < -0.39 is 0 Å². The van der Waals surface area contributed by atoms with E-state index in [1.54, 1.807) is 19.2 Å². The Morgan fingerprint density at radius 1 is 1.10 bits per heavy atom. The van der Waals surface area contributed by atoms with Gasteiger partial charge in [0.2, 0.25) is 17.6 Å². The standard InChI is InChI=1S/C22H20N4O5/c1-26-21(28)16-11-8-14(12-17(16)22(26)29)23-18(27)4-3-5-19-24-20(25-31-19)13-6-9-15(30-2)10-7-13/h6-12H,3-5H2,1-2H3,(H,23,27). The summed E-state index contributed by atoms with van der Waals surface area (Å²) in [6.07, 6.45) is 1.21. The van der Waals surface area contributed by atoms with Crippen LogP contribution in [-0.4, -0.2) is 46.9 Å². The normalized spacial score (nSPS) is 12.8. The molecule has 4 rings (SSSR count). The first-order chi connectivity index (χ1) is 15.0. The van der Waals surface area contributed by atoms with Crippen molar-refractivity contribution in [1.82, 2.24) is 15.0 Å². The molecule has 0 saturated carbocycles. The van der Waals surface area contributed by atoms with Crippen molar-refractivity contribution in [3.63, 3.8) is 0 Å². The summed E-state index contributed by atoms with van der Waals surface area (Å²) in [7, 11) is 3.03. The summed E-state index contributed by atoms with van der Waals surface area (Å²) >= 11 is 0. The van der Waals surface area contributed by atoms with E-state index in [1.165, 1.54) is 13.1 Å². The lowest BCUT2D eigenvalue weighted by atomic mass is 10.1. The summed E-state index contributed by atoms with van der Waals surface area (Å²) in [6, 6.07) is 12.0. The Morgan fingerprint density at radius 2 is 1.84 bits per heavy atom. The smallest absolute Gasteiger partial charge is 0.261 e. The maximum Gasteiger partial charge on any atom is 0.261 e. The van der Waals surface area contributed by atoms with Gasteiger partial charge in [-0.05, 0) is 48.9 Å². The third kappa shape index (κ3) is 4.16. The van der Waals surface area contributed by atoms with Crippen LogP contribution in [0.1, 0.15) is 39.4 Å². The Kier molecular flexibility index (Phi) is 5.48. The topological polar surface area (TPSA) is 115 Å². The minimum absolute atomic E-state index is 0.208. The molecule has 0 saturated heterocycles. The molecule has 0 spiro atoms. The molecule has 1 aliphatic heterocycles. The molecular weight excluding hydrogens is 400 g/mol. The zero-order valence-corrected chi connectivity index (χ0v) is 17.0. The van der Waals surface area contributed by atoms with Crippen LogP contribution in [0.25, 0.3) is 11.4 Å². The van der Waals surface area contributed by atoms with Crippen LogP contribution in [0.15, 0.2) is 47.0 Å². The number of nitrogens with one attached hydrogen (secondary N) is 1. The number of nitrogens with zero attached hydrogens (tertiary/aromatic N) is 3. The highest BCUT2D eigenvalue weighted by Crippen LogP contribution is 2.25. The maximum absolute atomic E-state index is 12.2. The molecule has 31 heavy (non-hydrogen) atoms. The van der Waals surface area contributed by atoms with Crippen LogP contribution in [0.5, 0.6) is 5.75 Å². The number of anilines is 1. The van der Waals surface area contributed by atoms with Gasteiger partial charge in [-0.25, -0.2) is 0 Å². The van der Waals surface area contributed by atoms with E-state index in [0.717, 1.165) is 16.2 Å². The van der Waals surface area contributed by atoms with Crippen molar-refractivity contribution >= 4 is 23.4 Å². The first kappa shape index (κ1) is 20.3. The Bertz CT molecular complexity index is 1150. The minimum atomic E-state index is -0.375. The fourth-order valence-electron chi connectivity index (χ4n) is 3.28. The Morgan fingerprint density at radius 3 is 2.58 bits per heavy atom. The predicted octanol–water partition coefficient (Wildman–Crippen LogP) is 2.93. The van der Waals surface area contributed by atoms with Crippen LogP contribution < -0.4 is 10.1 Å². The second kappa shape index (κ2) is 8.39. The van der Waals surface area contributed by atoms with Crippen molar-refractivity contribution < 1.29 is 23.6 Å². The molecule has 0 bridgehead atoms. The molecule has 0 atom stereocenters. The summed E-state index contributed by atoms with van der Waals surface area (Å²) in [5, 5.41) is 6.72. The lowest BCUT2D eigenvalue weighted by molar-refractivity contribution is -0.116. The molecule has 0 radical (unpaired) electrons. The molecule has 3 amide bonds. The van der Waals surface area contributed by atoms with Crippen LogP contribution in [0.2, 0.25) is 0 Å². The third-order valence-electron chi connectivity index (χ3n) is 4.98. The second-order valence-electron chi connectivity index (χ2n) is 7.07. The number of hydrogen-bond acceptors (Lipinski definition) is 7. The van der Waals surface area contributed by atoms with Crippen molar-refractivity contribution in [2.75, 3.05) is 19.5 Å². The number of methoxy groups -OCH3 is 1. The van der Waals surface area contributed by atoms with Crippen molar-refractivity contribution in [2.45, 2.75) is 19.3 Å². The number of imide groups is 1. The van der Waals surface area contributed by atoms with E-state index in [9.17, 15) is 14.4 Å². The molecule has 3 aromatic rings. The quantitative estimate of drug-likeness (QED) is 0.585. The van der Waals surface area contributed by atoms with Gasteiger partial charge in [-0.2, -0.15) is 4.98 Å². The molecule has 0 unspecified atom stereocenters. The molecule has 9 nitrogen and oxygen atoms in total. The molecular formula is C22H20N4O5. The van der Waals surface area contributed by atoms with E-state index in [-0.39, 0.29) is 24.1 Å². The van der Waals surface area contributed by atoms with Crippen LogP contribution >= 0.6 is 0 Å². The lowest BCUT2D eigenvalue weighted by Crippen LogP contribution is -2.24. The SMILES string of the molecule is COc1ccc(-c2noc(CCCC(=O)Nc3ccc4c(c3)C(=O)N(C)C4=O)n2)cc1. The number of ether oxygens (including phenoxy) is 1. The summed E-state index contributed by atoms with van der Waals surface area (Å²) in [4.78, 5) is 41.7. The first-order valence-electron chi connectivity index (χ1n) is 9.69. The van der Waals surface area contributed by atoms with Gasteiger partial charge in [-0.15, -0.1) is 0 Å². The average Bonchev–Trinajstić information content (AvgIpc) is 3.33. The van der Waals surface area contributed by atoms with Gasteiger partial charge in [0, 0.05) is 31.1 Å². The van der Waals surface area contributed by atoms with Crippen LogP contribution in [-0.2, 0) is 11.2 Å². The number of fused-ring (bicyclic) bond motifs is 1. The van der Waals surface area contributed by atoms with E-state index in [1.807, 2.05) is 24.3 Å². The van der Waals surface area contributed by atoms with Crippen molar-refractivity contribution in [3.8, 4) is 17.1 Å². The number of benzene rings is 2. The fourth-order valence-corrected chi connectivity index (χ4v) is 3.28. The summed E-state index contributed by atoms with van der Waals surface area (Å²) in [5.74, 6) is 0.740. The van der Waals surface area contributed by atoms with Gasteiger partial charge < -0.3 is 14.6 Å². The molecule has 1 aliphatic rings. The van der Waals surface area contributed by atoms with E-state index in [0.29, 0.717) is 41.4 Å². The Hall–Kier alpha value is -4.01. The van der Waals surface area contributed by atoms with E-state index >= 15 is 0 Å². The van der Waals surface area contributed by atoms with Gasteiger partial charge in [-0.1, -0.05) is 5.16 Å². The molecule has 0 aliphatic carbocycles. The number of rotatable bonds is 7. The first-order valence-corrected chi connectivity index (χ1v) is 9.69. The second-order valence-corrected chi connectivity index (χ2v) is 7.07.